The van der Waals surface area contributed by atoms with Crippen LogP contribution >= 0.6 is 11.6 Å². The van der Waals surface area contributed by atoms with Crippen molar-refractivity contribution < 1.29 is 0 Å². The van der Waals surface area contributed by atoms with Gasteiger partial charge in [0.05, 0.1) is 0 Å². The number of nitrogens with two attached hydrogens (primary N) is 1. The summed E-state index contributed by atoms with van der Waals surface area (Å²) in [6, 6.07) is 5.74. The van der Waals surface area contributed by atoms with Gasteiger partial charge in [0, 0.05) is 23.8 Å². The zero-order chi connectivity index (χ0) is 13.8. The summed E-state index contributed by atoms with van der Waals surface area (Å²) in [6.07, 6.45) is 2.55. The molecule has 2 N–H and O–H groups in total. The SMILES string of the molecule is CN(C)CC1CCN(Cc2cc(N)ccc2Cl)CC1. The molecule has 19 heavy (non-hydrogen) atoms. The number of anilines is 1. The minimum atomic E-state index is 0.793. The Bertz CT molecular complexity index is 412. The van der Waals surface area contributed by atoms with E-state index in [-0.39, 0.29) is 0 Å². The van der Waals surface area contributed by atoms with Crippen molar-refractivity contribution in [3.63, 3.8) is 0 Å². The molecule has 0 aromatic heterocycles. The minimum absolute atomic E-state index is 0.793. The maximum atomic E-state index is 6.22. The number of nitrogens with zero attached hydrogens (tertiary/aromatic N) is 2. The van der Waals surface area contributed by atoms with Gasteiger partial charge in [-0.1, -0.05) is 11.6 Å². The van der Waals surface area contributed by atoms with Crippen molar-refractivity contribution in [2.75, 3.05) is 39.5 Å². The Morgan fingerprint density at radius 3 is 2.63 bits per heavy atom. The van der Waals surface area contributed by atoms with E-state index in [0.29, 0.717) is 0 Å². The molecule has 1 heterocycles. The molecule has 1 aromatic rings. The fourth-order valence-electron chi connectivity index (χ4n) is 2.80. The van der Waals surface area contributed by atoms with Crippen molar-refractivity contribution in [3.8, 4) is 0 Å². The fraction of sp³-hybridized carbons (Fsp3) is 0.600. The zero-order valence-electron chi connectivity index (χ0n) is 11.9. The van der Waals surface area contributed by atoms with Crippen LogP contribution < -0.4 is 5.73 Å². The van der Waals surface area contributed by atoms with E-state index < -0.39 is 0 Å². The Labute approximate surface area is 121 Å². The average molecular weight is 282 g/mol. The lowest BCUT2D eigenvalue weighted by atomic mass is 9.96. The van der Waals surface area contributed by atoms with Crippen LogP contribution in [-0.4, -0.2) is 43.5 Å². The maximum Gasteiger partial charge on any atom is 0.0452 e. The number of benzene rings is 1. The number of halogens is 1. The monoisotopic (exact) mass is 281 g/mol. The second-order valence-electron chi connectivity index (χ2n) is 5.83. The third kappa shape index (κ3) is 4.37. The molecule has 1 saturated heterocycles. The fourth-order valence-corrected chi connectivity index (χ4v) is 2.98. The zero-order valence-corrected chi connectivity index (χ0v) is 12.7. The molecule has 0 bridgehead atoms. The normalized spacial score (nSPS) is 18.1. The van der Waals surface area contributed by atoms with Gasteiger partial charge in [-0.2, -0.15) is 0 Å². The number of rotatable bonds is 4. The highest BCUT2D eigenvalue weighted by Crippen LogP contribution is 2.24. The second kappa shape index (κ2) is 6.60. The molecule has 0 radical (unpaired) electrons. The van der Waals surface area contributed by atoms with E-state index in [1.807, 2.05) is 18.2 Å². The number of hydrogen-bond donors (Lipinski definition) is 1. The first-order valence-electron chi connectivity index (χ1n) is 6.95. The predicted molar refractivity (Wildman–Crippen MR) is 82.4 cm³/mol. The van der Waals surface area contributed by atoms with Gasteiger partial charge >= 0.3 is 0 Å². The molecule has 1 aliphatic rings. The van der Waals surface area contributed by atoms with Crippen LogP contribution in [0.25, 0.3) is 0 Å². The smallest absolute Gasteiger partial charge is 0.0452 e. The van der Waals surface area contributed by atoms with E-state index in [9.17, 15) is 0 Å². The molecule has 0 spiro atoms. The molecular formula is C15H24ClN3. The van der Waals surface area contributed by atoms with Crippen LogP contribution in [0.3, 0.4) is 0 Å². The number of hydrogen-bond acceptors (Lipinski definition) is 3. The first kappa shape index (κ1) is 14.6. The van der Waals surface area contributed by atoms with Crippen LogP contribution in [0.5, 0.6) is 0 Å². The Morgan fingerprint density at radius 2 is 2.00 bits per heavy atom. The molecule has 1 fully saturated rings. The van der Waals surface area contributed by atoms with Crippen molar-refractivity contribution in [1.29, 1.82) is 0 Å². The molecule has 106 valence electrons. The topological polar surface area (TPSA) is 32.5 Å². The van der Waals surface area contributed by atoms with Crippen molar-refractivity contribution in [2.24, 2.45) is 5.92 Å². The van der Waals surface area contributed by atoms with Crippen LogP contribution in [0, 0.1) is 5.92 Å². The third-order valence-corrected chi connectivity index (χ3v) is 4.16. The first-order valence-corrected chi connectivity index (χ1v) is 7.33. The van der Waals surface area contributed by atoms with E-state index >= 15 is 0 Å². The van der Waals surface area contributed by atoms with Gasteiger partial charge in [-0.25, -0.2) is 0 Å². The predicted octanol–water partition coefficient (Wildman–Crippen LogP) is 2.70. The Hall–Kier alpha value is -0.770. The second-order valence-corrected chi connectivity index (χ2v) is 6.24. The van der Waals surface area contributed by atoms with Crippen molar-refractivity contribution in [3.05, 3.63) is 28.8 Å². The van der Waals surface area contributed by atoms with Crippen LogP contribution in [0.15, 0.2) is 18.2 Å². The Balaban J connectivity index is 1.87. The summed E-state index contributed by atoms with van der Waals surface area (Å²) in [6.45, 7) is 4.43. The Morgan fingerprint density at radius 1 is 1.32 bits per heavy atom. The van der Waals surface area contributed by atoms with Gasteiger partial charge in [0.25, 0.3) is 0 Å². The van der Waals surface area contributed by atoms with Gasteiger partial charge in [0.15, 0.2) is 0 Å². The first-order chi connectivity index (χ1) is 9.04. The molecule has 0 saturated carbocycles. The van der Waals surface area contributed by atoms with E-state index in [0.717, 1.165) is 41.8 Å². The van der Waals surface area contributed by atoms with Crippen molar-refractivity contribution in [2.45, 2.75) is 19.4 Å². The molecule has 2 rings (SSSR count). The summed E-state index contributed by atoms with van der Waals surface area (Å²) in [4.78, 5) is 4.77. The summed E-state index contributed by atoms with van der Waals surface area (Å²) in [5.41, 5.74) is 7.77. The van der Waals surface area contributed by atoms with Crippen LogP contribution in [0.1, 0.15) is 18.4 Å². The highest BCUT2D eigenvalue weighted by Gasteiger charge is 2.20. The van der Waals surface area contributed by atoms with Crippen LogP contribution in [0.2, 0.25) is 5.02 Å². The van der Waals surface area contributed by atoms with E-state index in [1.54, 1.807) is 0 Å². The number of piperidine rings is 1. The lowest BCUT2D eigenvalue weighted by Crippen LogP contribution is -2.36. The van der Waals surface area contributed by atoms with Gasteiger partial charge in [0.1, 0.15) is 0 Å². The number of likely N-dealkylation sites (tertiary alicyclic amines) is 1. The largest absolute Gasteiger partial charge is 0.399 e. The summed E-state index contributed by atoms with van der Waals surface area (Å²) in [7, 11) is 4.30. The van der Waals surface area contributed by atoms with Crippen molar-refractivity contribution in [1.82, 2.24) is 9.80 Å². The molecule has 1 aliphatic heterocycles. The summed E-state index contributed by atoms with van der Waals surface area (Å²) in [5.74, 6) is 0.836. The van der Waals surface area contributed by atoms with Gasteiger partial charge in [-0.15, -0.1) is 0 Å². The van der Waals surface area contributed by atoms with Gasteiger partial charge in [-0.3, -0.25) is 4.90 Å². The quantitative estimate of drug-likeness (QED) is 0.862. The lowest BCUT2D eigenvalue weighted by Gasteiger charge is -2.33. The summed E-state index contributed by atoms with van der Waals surface area (Å²) >= 11 is 6.22. The standard InChI is InChI=1S/C15H24ClN3/c1-18(2)10-12-5-7-19(8-6-12)11-13-9-14(17)3-4-15(13)16/h3-4,9,12H,5-8,10-11,17H2,1-2H3. The van der Waals surface area contributed by atoms with Crippen LogP contribution in [-0.2, 0) is 6.54 Å². The molecule has 0 amide bonds. The molecule has 1 aromatic carbocycles. The molecule has 0 atom stereocenters. The Kier molecular flexibility index (Phi) is 5.08. The third-order valence-electron chi connectivity index (χ3n) is 3.79. The van der Waals surface area contributed by atoms with Gasteiger partial charge in [-0.05, 0) is 69.7 Å². The summed E-state index contributed by atoms with van der Waals surface area (Å²) < 4.78 is 0. The summed E-state index contributed by atoms with van der Waals surface area (Å²) in [5, 5.41) is 0.824. The molecule has 0 aliphatic carbocycles. The highest BCUT2D eigenvalue weighted by atomic mass is 35.5. The number of nitrogen functional groups attached to an aromatic ring is 1. The van der Waals surface area contributed by atoms with Crippen LogP contribution in [0.4, 0.5) is 5.69 Å². The van der Waals surface area contributed by atoms with E-state index in [2.05, 4.69) is 23.9 Å². The van der Waals surface area contributed by atoms with Gasteiger partial charge in [0.2, 0.25) is 0 Å². The molecule has 3 nitrogen and oxygen atoms in total. The van der Waals surface area contributed by atoms with E-state index in [4.69, 9.17) is 17.3 Å². The lowest BCUT2D eigenvalue weighted by molar-refractivity contribution is 0.157. The van der Waals surface area contributed by atoms with E-state index in [1.165, 1.54) is 19.4 Å². The minimum Gasteiger partial charge on any atom is -0.399 e. The molecule has 0 unspecified atom stereocenters. The highest BCUT2D eigenvalue weighted by molar-refractivity contribution is 6.31. The average Bonchev–Trinajstić information content (AvgIpc) is 2.35. The molecule has 4 heteroatoms. The molecular weight excluding hydrogens is 258 g/mol. The van der Waals surface area contributed by atoms with Gasteiger partial charge < -0.3 is 10.6 Å². The maximum absolute atomic E-state index is 6.22. The van der Waals surface area contributed by atoms with Crippen molar-refractivity contribution >= 4 is 17.3 Å².